The minimum atomic E-state index is 1.33. The molecule has 0 spiro atoms. The van der Waals surface area contributed by atoms with Crippen LogP contribution >= 0.6 is 22.6 Å². The van der Waals surface area contributed by atoms with E-state index in [2.05, 4.69) is 71.5 Å². The average Bonchev–Trinajstić information content (AvgIpc) is 2.59. The molecule has 1 radical (unpaired) electrons. The molecule has 0 bridgehead atoms. The zero-order chi connectivity index (χ0) is 9.54. The molecule has 1 aliphatic carbocycles. The molecule has 0 N–H and O–H groups in total. The van der Waals surface area contributed by atoms with Gasteiger partial charge < -0.3 is 0 Å². The SMILES string of the molecule is Ic1cccc2c1[CH]c1ccccc1-2. The van der Waals surface area contributed by atoms with Crippen LogP contribution in [0.5, 0.6) is 0 Å². The highest BCUT2D eigenvalue weighted by atomic mass is 127. The molecular weight excluding hydrogens is 283 g/mol. The molecule has 0 amide bonds. The van der Waals surface area contributed by atoms with Crippen molar-refractivity contribution in [2.75, 3.05) is 0 Å². The molecule has 0 heterocycles. The molecule has 3 rings (SSSR count). The summed E-state index contributed by atoms with van der Waals surface area (Å²) in [5.74, 6) is 0. The van der Waals surface area contributed by atoms with Crippen molar-refractivity contribution in [3.8, 4) is 11.1 Å². The van der Waals surface area contributed by atoms with Gasteiger partial charge in [0.05, 0.1) is 0 Å². The normalized spacial score (nSPS) is 12.4. The summed E-state index contributed by atoms with van der Waals surface area (Å²) in [6.07, 6.45) is 2.27. The summed E-state index contributed by atoms with van der Waals surface area (Å²) in [4.78, 5) is 0. The van der Waals surface area contributed by atoms with Gasteiger partial charge >= 0.3 is 0 Å². The fraction of sp³-hybridized carbons (Fsp3) is 0. The Hall–Kier alpha value is -0.830. The van der Waals surface area contributed by atoms with Gasteiger partial charge in [-0.15, -0.1) is 0 Å². The highest BCUT2D eigenvalue weighted by molar-refractivity contribution is 14.1. The van der Waals surface area contributed by atoms with Crippen molar-refractivity contribution in [1.29, 1.82) is 0 Å². The molecule has 0 saturated heterocycles. The van der Waals surface area contributed by atoms with E-state index in [1.165, 1.54) is 25.8 Å². The summed E-state index contributed by atoms with van der Waals surface area (Å²) < 4.78 is 1.33. The van der Waals surface area contributed by atoms with Crippen molar-refractivity contribution < 1.29 is 0 Å². The first-order valence-corrected chi connectivity index (χ1v) is 5.67. The van der Waals surface area contributed by atoms with Crippen LogP contribution in [0.15, 0.2) is 42.5 Å². The summed E-state index contributed by atoms with van der Waals surface area (Å²) in [5, 5.41) is 0. The molecule has 0 aromatic heterocycles. The smallest absolute Gasteiger partial charge is 0.0222 e. The Bertz CT molecular complexity index is 500. The third-order valence-corrected chi connectivity index (χ3v) is 3.54. The summed E-state index contributed by atoms with van der Waals surface area (Å²) >= 11 is 2.39. The van der Waals surface area contributed by atoms with Gasteiger partial charge in [-0.1, -0.05) is 36.4 Å². The number of hydrogen-bond acceptors (Lipinski definition) is 0. The Labute approximate surface area is 97.1 Å². The maximum absolute atomic E-state index is 2.39. The van der Waals surface area contributed by atoms with Crippen LogP contribution in [0.2, 0.25) is 0 Å². The van der Waals surface area contributed by atoms with Crippen LogP contribution in [0.1, 0.15) is 11.1 Å². The van der Waals surface area contributed by atoms with E-state index < -0.39 is 0 Å². The van der Waals surface area contributed by atoms with E-state index >= 15 is 0 Å². The molecule has 0 saturated carbocycles. The van der Waals surface area contributed by atoms with E-state index in [0.717, 1.165) is 0 Å². The molecular formula is C13H8I. The predicted molar refractivity (Wildman–Crippen MR) is 67.1 cm³/mol. The summed E-state index contributed by atoms with van der Waals surface area (Å²) in [7, 11) is 0. The van der Waals surface area contributed by atoms with Crippen LogP contribution in [-0.4, -0.2) is 0 Å². The van der Waals surface area contributed by atoms with E-state index in [1.54, 1.807) is 0 Å². The van der Waals surface area contributed by atoms with Crippen molar-refractivity contribution in [3.05, 3.63) is 63.6 Å². The topological polar surface area (TPSA) is 0 Å². The fourth-order valence-electron chi connectivity index (χ4n) is 1.94. The third-order valence-electron chi connectivity index (χ3n) is 2.60. The second kappa shape index (κ2) is 3.09. The van der Waals surface area contributed by atoms with E-state index in [0.29, 0.717) is 0 Å². The predicted octanol–water partition coefficient (Wildman–Crippen LogP) is 3.87. The lowest BCUT2D eigenvalue weighted by molar-refractivity contribution is 1.51. The van der Waals surface area contributed by atoms with Crippen LogP contribution in [0.3, 0.4) is 0 Å². The van der Waals surface area contributed by atoms with Crippen LogP contribution in [0, 0.1) is 9.99 Å². The highest BCUT2D eigenvalue weighted by Gasteiger charge is 2.19. The van der Waals surface area contributed by atoms with Crippen molar-refractivity contribution in [3.63, 3.8) is 0 Å². The monoisotopic (exact) mass is 291 g/mol. The lowest BCUT2D eigenvalue weighted by atomic mass is 10.1. The van der Waals surface area contributed by atoms with Crippen molar-refractivity contribution in [2.45, 2.75) is 0 Å². The van der Waals surface area contributed by atoms with E-state index in [-0.39, 0.29) is 0 Å². The molecule has 1 heteroatoms. The molecule has 0 atom stereocenters. The quantitative estimate of drug-likeness (QED) is 0.551. The van der Waals surface area contributed by atoms with Gasteiger partial charge in [-0.3, -0.25) is 0 Å². The van der Waals surface area contributed by atoms with Gasteiger partial charge in [0.25, 0.3) is 0 Å². The lowest BCUT2D eigenvalue weighted by Gasteiger charge is -2.00. The largest absolute Gasteiger partial charge is 0.0619 e. The lowest BCUT2D eigenvalue weighted by Crippen LogP contribution is -1.82. The molecule has 0 nitrogen and oxygen atoms in total. The van der Waals surface area contributed by atoms with E-state index in [1.807, 2.05) is 0 Å². The molecule has 0 unspecified atom stereocenters. The minimum absolute atomic E-state index is 1.33. The molecule has 2 aromatic carbocycles. The highest BCUT2D eigenvalue weighted by Crippen LogP contribution is 2.39. The third kappa shape index (κ3) is 1.12. The second-order valence-electron chi connectivity index (χ2n) is 3.43. The maximum Gasteiger partial charge on any atom is 0.0222 e. The summed E-state index contributed by atoms with van der Waals surface area (Å²) in [5.41, 5.74) is 5.44. The number of fused-ring (bicyclic) bond motifs is 3. The average molecular weight is 291 g/mol. The van der Waals surface area contributed by atoms with Gasteiger partial charge in [0, 0.05) is 9.99 Å². The Balaban J connectivity index is 2.33. The van der Waals surface area contributed by atoms with Crippen molar-refractivity contribution >= 4 is 22.6 Å². The molecule has 67 valence electrons. The molecule has 2 aromatic rings. The second-order valence-corrected chi connectivity index (χ2v) is 4.59. The van der Waals surface area contributed by atoms with Gasteiger partial charge in [0.15, 0.2) is 0 Å². The Morgan fingerprint density at radius 2 is 1.57 bits per heavy atom. The number of hydrogen-bond donors (Lipinski definition) is 0. The number of benzene rings is 2. The summed E-state index contributed by atoms with van der Waals surface area (Å²) in [6.45, 7) is 0. The van der Waals surface area contributed by atoms with Crippen LogP contribution in [0.25, 0.3) is 11.1 Å². The molecule has 0 aliphatic heterocycles. The van der Waals surface area contributed by atoms with E-state index in [9.17, 15) is 0 Å². The van der Waals surface area contributed by atoms with Gasteiger partial charge in [0.2, 0.25) is 0 Å². The summed E-state index contributed by atoms with van der Waals surface area (Å²) in [6, 6.07) is 15.0. The Morgan fingerprint density at radius 3 is 2.50 bits per heavy atom. The fourth-order valence-corrected chi connectivity index (χ4v) is 2.60. The number of halogens is 1. The Kier molecular flexibility index (Phi) is 1.87. The van der Waals surface area contributed by atoms with Crippen LogP contribution in [-0.2, 0) is 0 Å². The first-order valence-electron chi connectivity index (χ1n) is 4.59. The Morgan fingerprint density at radius 1 is 0.786 bits per heavy atom. The first-order chi connectivity index (χ1) is 6.86. The van der Waals surface area contributed by atoms with Crippen molar-refractivity contribution in [1.82, 2.24) is 0 Å². The van der Waals surface area contributed by atoms with Gasteiger partial charge in [-0.2, -0.15) is 0 Å². The first kappa shape index (κ1) is 8.48. The maximum atomic E-state index is 2.39. The van der Waals surface area contributed by atoms with Gasteiger partial charge in [-0.05, 0) is 50.9 Å². The van der Waals surface area contributed by atoms with E-state index in [4.69, 9.17) is 0 Å². The molecule has 0 fully saturated rings. The zero-order valence-corrected chi connectivity index (χ0v) is 9.65. The standard InChI is InChI=1S/C13H8I/c14-13-7-3-6-11-10-5-2-1-4-9(10)8-12(11)13/h1-8H. The van der Waals surface area contributed by atoms with Crippen LogP contribution in [0.4, 0.5) is 0 Å². The van der Waals surface area contributed by atoms with Crippen LogP contribution < -0.4 is 0 Å². The minimum Gasteiger partial charge on any atom is -0.0619 e. The van der Waals surface area contributed by atoms with Gasteiger partial charge in [0.1, 0.15) is 0 Å². The molecule has 1 aliphatic rings. The van der Waals surface area contributed by atoms with Gasteiger partial charge in [-0.25, -0.2) is 0 Å². The molecule has 14 heavy (non-hydrogen) atoms. The van der Waals surface area contributed by atoms with Crippen molar-refractivity contribution in [2.24, 2.45) is 0 Å². The number of rotatable bonds is 0. The zero-order valence-electron chi connectivity index (χ0n) is 7.50.